The van der Waals surface area contributed by atoms with Gasteiger partial charge in [-0.25, -0.2) is 0 Å². The molecule has 1 aromatic carbocycles. The lowest BCUT2D eigenvalue weighted by Crippen LogP contribution is -2.37. The van der Waals surface area contributed by atoms with E-state index in [2.05, 4.69) is 15.0 Å². The molecular weight excluding hydrogens is 342 g/mol. The van der Waals surface area contributed by atoms with E-state index < -0.39 is 6.61 Å². The maximum absolute atomic E-state index is 12.4. The molecule has 144 valence electrons. The number of halogens is 2. The third-order valence-corrected chi connectivity index (χ3v) is 4.09. The second-order valence-corrected chi connectivity index (χ2v) is 6.04. The molecule has 1 amide bonds. The minimum atomic E-state index is -2.92. The van der Waals surface area contributed by atoms with E-state index in [0.29, 0.717) is 18.7 Å². The summed E-state index contributed by atoms with van der Waals surface area (Å²) in [7, 11) is 0. The summed E-state index contributed by atoms with van der Waals surface area (Å²) >= 11 is 0. The predicted molar refractivity (Wildman–Crippen MR) is 96.6 cm³/mol. The van der Waals surface area contributed by atoms with E-state index in [9.17, 15) is 13.6 Å². The normalized spacial score (nSPS) is 15.4. The lowest BCUT2D eigenvalue weighted by Gasteiger charge is -2.26. The SMILES string of the molecule is CCOc1cc(C=CC(=O)NCCN2CCCCC2)ccc1OC(F)F. The summed E-state index contributed by atoms with van der Waals surface area (Å²) < 4.78 is 34.5. The Morgan fingerprint density at radius 1 is 1.27 bits per heavy atom. The molecule has 1 N–H and O–H groups in total. The quantitative estimate of drug-likeness (QED) is 0.680. The number of likely N-dealkylation sites (tertiary alicyclic amines) is 1. The van der Waals surface area contributed by atoms with E-state index in [1.54, 1.807) is 25.1 Å². The van der Waals surface area contributed by atoms with Crippen LogP contribution >= 0.6 is 0 Å². The molecule has 1 aliphatic rings. The molecule has 5 nitrogen and oxygen atoms in total. The minimum absolute atomic E-state index is 0.0232. The van der Waals surface area contributed by atoms with E-state index >= 15 is 0 Å². The Labute approximate surface area is 153 Å². The van der Waals surface area contributed by atoms with E-state index in [-0.39, 0.29) is 17.4 Å². The molecule has 2 rings (SSSR count). The van der Waals surface area contributed by atoms with Crippen LogP contribution in [-0.2, 0) is 4.79 Å². The Morgan fingerprint density at radius 2 is 2.04 bits per heavy atom. The first-order valence-electron chi connectivity index (χ1n) is 8.98. The fourth-order valence-electron chi connectivity index (χ4n) is 2.84. The van der Waals surface area contributed by atoms with E-state index in [0.717, 1.165) is 19.6 Å². The number of rotatable bonds is 9. The molecule has 0 radical (unpaired) electrons. The van der Waals surface area contributed by atoms with Crippen LogP contribution in [0.5, 0.6) is 11.5 Å². The molecule has 1 saturated heterocycles. The number of piperidine rings is 1. The number of benzene rings is 1. The number of hydrogen-bond acceptors (Lipinski definition) is 4. The highest BCUT2D eigenvalue weighted by Gasteiger charge is 2.11. The van der Waals surface area contributed by atoms with Crippen LogP contribution in [0.1, 0.15) is 31.7 Å². The third-order valence-electron chi connectivity index (χ3n) is 4.09. The Morgan fingerprint density at radius 3 is 2.73 bits per heavy atom. The van der Waals surface area contributed by atoms with Crippen LogP contribution in [0, 0.1) is 0 Å². The predicted octanol–water partition coefficient (Wildman–Crippen LogP) is 3.30. The lowest BCUT2D eigenvalue weighted by molar-refractivity contribution is -0.116. The average molecular weight is 368 g/mol. The van der Waals surface area contributed by atoms with Crippen molar-refractivity contribution in [2.24, 2.45) is 0 Å². The van der Waals surface area contributed by atoms with Gasteiger partial charge in [0.15, 0.2) is 11.5 Å². The summed E-state index contributed by atoms with van der Waals surface area (Å²) in [5.41, 5.74) is 0.668. The number of carbonyl (C=O) groups excluding carboxylic acids is 1. The smallest absolute Gasteiger partial charge is 0.387 e. The second kappa shape index (κ2) is 10.8. The van der Waals surface area contributed by atoms with Crippen molar-refractivity contribution < 1.29 is 23.0 Å². The zero-order chi connectivity index (χ0) is 18.8. The highest BCUT2D eigenvalue weighted by atomic mass is 19.3. The van der Waals surface area contributed by atoms with Gasteiger partial charge in [0, 0.05) is 19.2 Å². The van der Waals surface area contributed by atoms with Gasteiger partial charge in [-0.05, 0) is 56.6 Å². The number of alkyl halides is 2. The van der Waals surface area contributed by atoms with Crippen molar-refractivity contribution in [3.63, 3.8) is 0 Å². The number of nitrogens with one attached hydrogen (secondary N) is 1. The number of carbonyl (C=O) groups is 1. The van der Waals surface area contributed by atoms with Crippen molar-refractivity contribution in [2.75, 3.05) is 32.8 Å². The van der Waals surface area contributed by atoms with Crippen LogP contribution in [0.2, 0.25) is 0 Å². The van der Waals surface area contributed by atoms with Crippen LogP contribution in [-0.4, -0.2) is 50.2 Å². The summed E-state index contributed by atoms with van der Waals surface area (Å²) in [6.45, 7) is 2.82. The molecule has 0 atom stereocenters. The van der Waals surface area contributed by atoms with Crippen molar-refractivity contribution in [3.05, 3.63) is 29.8 Å². The van der Waals surface area contributed by atoms with Crippen LogP contribution < -0.4 is 14.8 Å². The van der Waals surface area contributed by atoms with Gasteiger partial charge >= 0.3 is 6.61 Å². The van der Waals surface area contributed by atoms with Crippen molar-refractivity contribution in [1.82, 2.24) is 10.2 Å². The number of hydrogen-bond donors (Lipinski definition) is 1. The molecule has 1 aromatic rings. The van der Waals surface area contributed by atoms with Gasteiger partial charge in [-0.3, -0.25) is 4.79 Å². The standard InChI is InChI=1S/C19H26F2N2O3/c1-2-25-17-14-15(6-8-16(17)26-19(20)21)7-9-18(24)22-10-13-23-11-4-3-5-12-23/h6-9,14,19H,2-5,10-13H2,1H3,(H,22,24). The van der Waals surface area contributed by atoms with Gasteiger partial charge in [-0.15, -0.1) is 0 Å². The van der Waals surface area contributed by atoms with Crippen molar-refractivity contribution in [3.8, 4) is 11.5 Å². The lowest BCUT2D eigenvalue weighted by atomic mass is 10.1. The Balaban J connectivity index is 1.85. The minimum Gasteiger partial charge on any atom is -0.490 e. The molecule has 0 bridgehead atoms. The van der Waals surface area contributed by atoms with E-state index in [1.165, 1.54) is 31.4 Å². The highest BCUT2D eigenvalue weighted by Crippen LogP contribution is 2.30. The molecule has 1 heterocycles. The molecule has 0 aromatic heterocycles. The molecule has 0 unspecified atom stereocenters. The fourth-order valence-corrected chi connectivity index (χ4v) is 2.84. The monoisotopic (exact) mass is 368 g/mol. The van der Waals surface area contributed by atoms with Gasteiger partial charge < -0.3 is 19.7 Å². The largest absolute Gasteiger partial charge is 0.490 e. The first-order chi connectivity index (χ1) is 12.6. The maximum Gasteiger partial charge on any atom is 0.387 e. The molecule has 7 heteroatoms. The van der Waals surface area contributed by atoms with Gasteiger partial charge in [0.1, 0.15) is 0 Å². The van der Waals surface area contributed by atoms with Crippen molar-refractivity contribution >= 4 is 12.0 Å². The average Bonchev–Trinajstić information content (AvgIpc) is 2.62. The number of ether oxygens (including phenoxy) is 2. The van der Waals surface area contributed by atoms with E-state index in [1.807, 2.05) is 0 Å². The Hall–Kier alpha value is -2.15. The number of nitrogens with zero attached hydrogens (tertiary/aromatic N) is 1. The van der Waals surface area contributed by atoms with Gasteiger partial charge in [-0.2, -0.15) is 8.78 Å². The van der Waals surface area contributed by atoms with Crippen LogP contribution in [0.25, 0.3) is 6.08 Å². The van der Waals surface area contributed by atoms with Gasteiger partial charge in [0.25, 0.3) is 0 Å². The molecule has 1 fully saturated rings. The Bertz CT molecular complexity index is 602. The molecular formula is C19H26F2N2O3. The summed E-state index contributed by atoms with van der Waals surface area (Å²) in [6, 6.07) is 4.57. The van der Waals surface area contributed by atoms with Crippen LogP contribution in [0.3, 0.4) is 0 Å². The van der Waals surface area contributed by atoms with Gasteiger partial charge in [0.05, 0.1) is 6.61 Å². The Kier molecular flexibility index (Phi) is 8.34. The first-order valence-corrected chi connectivity index (χ1v) is 8.98. The molecule has 0 spiro atoms. The zero-order valence-electron chi connectivity index (χ0n) is 15.0. The third kappa shape index (κ3) is 7.00. The zero-order valence-corrected chi connectivity index (χ0v) is 15.0. The number of amides is 1. The van der Waals surface area contributed by atoms with Crippen molar-refractivity contribution in [1.29, 1.82) is 0 Å². The maximum atomic E-state index is 12.4. The summed E-state index contributed by atoms with van der Waals surface area (Å²) in [6.07, 6.45) is 6.78. The van der Waals surface area contributed by atoms with E-state index in [4.69, 9.17) is 4.74 Å². The summed E-state index contributed by atoms with van der Waals surface area (Å²) in [4.78, 5) is 14.3. The van der Waals surface area contributed by atoms with Gasteiger partial charge in [-0.1, -0.05) is 12.5 Å². The molecule has 26 heavy (non-hydrogen) atoms. The van der Waals surface area contributed by atoms with Gasteiger partial charge in [0.2, 0.25) is 5.91 Å². The van der Waals surface area contributed by atoms with Crippen molar-refractivity contribution in [2.45, 2.75) is 32.8 Å². The first kappa shape index (κ1) is 20.2. The van der Waals surface area contributed by atoms with Crippen LogP contribution in [0.15, 0.2) is 24.3 Å². The fraction of sp³-hybridized carbons (Fsp3) is 0.526. The topological polar surface area (TPSA) is 50.8 Å². The summed E-state index contributed by atoms with van der Waals surface area (Å²) in [5, 5.41) is 2.85. The van der Waals surface area contributed by atoms with Crippen LogP contribution in [0.4, 0.5) is 8.78 Å². The molecule has 1 aliphatic heterocycles. The second-order valence-electron chi connectivity index (χ2n) is 6.04. The summed E-state index contributed by atoms with van der Waals surface area (Å²) in [5.74, 6) is 0.0123. The molecule has 0 saturated carbocycles. The highest BCUT2D eigenvalue weighted by molar-refractivity contribution is 5.91. The molecule has 0 aliphatic carbocycles.